The molecule has 5 aromatic rings. The Morgan fingerprint density at radius 1 is 0.789 bits per heavy atom. The van der Waals surface area contributed by atoms with Gasteiger partial charge in [0, 0.05) is 11.6 Å². The summed E-state index contributed by atoms with van der Waals surface area (Å²) in [5.41, 5.74) is 10.6. The number of benzene rings is 5. The zero-order chi connectivity index (χ0) is 40.6. The molecule has 0 aliphatic carbocycles. The van der Waals surface area contributed by atoms with Gasteiger partial charge in [-0.2, -0.15) is 0 Å². The van der Waals surface area contributed by atoms with Crippen LogP contribution in [-0.4, -0.2) is 52.6 Å². The Kier molecular flexibility index (Phi) is 15.2. The fourth-order valence-corrected chi connectivity index (χ4v) is 6.27. The number of aromatic hydroxyl groups is 1. The van der Waals surface area contributed by atoms with Gasteiger partial charge in [0.1, 0.15) is 25.0 Å². The van der Waals surface area contributed by atoms with Crippen LogP contribution in [0, 0.1) is 0 Å². The van der Waals surface area contributed by atoms with E-state index >= 15 is 0 Å². The third-order valence-electron chi connectivity index (χ3n) is 9.05. The van der Waals surface area contributed by atoms with Crippen LogP contribution in [0.4, 0.5) is 9.59 Å². The van der Waals surface area contributed by atoms with Gasteiger partial charge >= 0.3 is 12.2 Å². The third-order valence-corrected chi connectivity index (χ3v) is 9.30. The highest BCUT2D eigenvalue weighted by atomic mass is 35.5. The molecular formula is C44H44ClN5O7. The van der Waals surface area contributed by atoms with Gasteiger partial charge in [0.05, 0.1) is 12.5 Å². The summed E-state index contributed by atoms with van der Waals surface area (Å²) < 4.78 is 10.6. The molecule has 0 aliphatic heterocycles. The number of hydrogen-bond donors (Lipinski definition) is 4. The smallest absolute Gasteiger partial charge is 0.437 e. The monoisotopic (exact) mass is 789 g/mol. The number of nitrogens with zero attached hydrogens (tertiary/aromatic N) is 2. The largest absolute Gasteiger partial charge is 0.508 e. The minimum Gasteiger partial charge on any atom is -0.508 e. The van der Waals surface area contributed by atoms with Crippen molar-refractivity contribution in [3.63, 3.8) is 0 Å². The first-order valence-corrected chi connectivity index (χ1v) is 18.7. The van der Waals surface area contributed by atoms with Crippen LogP contribution >= 0.6 is 11.6 Å². The van der Waals surface area contributed by atoms with Crippen molar-refractivity contribution in [1.82, 2.24) is 15.5 Å². The van der Waals surface area contributed by atoms with Crippen LogP contribution in [0.2, 0.25) is 5.02 Å². The average Bonchev–Trinajstić information content (AvgIpc) is 3.21. The van der Waals surface area contributed by atoms with Gasteiger partial charge in [-0.15, -0.1) is 4.99 Å². The van der Waals surface area contributed by atoms with E-state index in [0.29, 0.717) is 10.6 Å². The van der Waals surface area contributed by atoms with E-state index in [4.69, 9.17) is 26.8 Å². The van der Waals surface area contributed by atoms with Crippen LogP contribution in [0.15, 0.2) is 138 Å². The van der Waals surface area contributed by atoms with Crippen molar-refractivity contribution in [3.8, 4) is 16.9 Å². The summed E-state index contributed by atoms with van der Waals surface area (Å²) in [5, 5.41) is 15.9. The van der Waals surface area contributed by atoms with Crippen molar-refractivity contribution in [3.05, 3.63) is 161 Å². The molecule has 12 nitrogen and oxygen atoms in total. The number of carbonyl (C=O) groups excluding carboxylic acids is 4. The summed E-state index contributed by atoms with van der Waals surface area (Å²) in [5.74, 6) is -1.25. The summed E-state index contributed by atoms with van der Waals surface area (Å²) in [6.45, 7) is 1.83. The van der Waals surface area contributed by atoms with Crippen LogP contribution in [-0.2, 0) is 38.7 Å². The first-order chi connectivity index (χ1) is 27.6. The Morgan fingerprint density at radius 3 is 2.02 bits per heavy atom. The van der Waals surface area contributed by atoms with Crippen molar-refractivity contribution in [2.75, 3.05) is 6.54 Å². The predicted octanol–water partition coefficient (Wildman–Crippen LogP) is 7.69. The standard InChI is InChI=1S/C44H44ClN5O7/c1-30(33-20-24-37(51)25-21-33)50(40(52)27-35-15-8-9-16-38(35)34-18-22-36(45)23-19-34)39(41(46)53)17-10-26-47-42(48-43(54)56-28-31-11-4-2-5-12-31)49-44(55)57-29-32-13-6-3-7-14-32/h2-9,11-16,18-25,30,39,51H,10,17,26-29H2,1H3,(H2,46,53)(H2,47,48,49,54,55)/t30-,39-/m1/s1. The van der Waals surface area contributed by atoms with Crippen molar-refractivity contribution in [2.45, 2.75) is 51.5 Å². The van der Waals surface area contributed by atoms with Gasteiger partial charge in [0.25, 0.3) is 0 Å². The highest BCUT2D eigenvalue weighted by Gasteiger charge is 2.33. The lowest BCUT2D eigenvalue weighted by Gasteiger charge is -2.36. The number of ether oxygens (including phenoxy) is 2. The number of hydrogen-bond acceptors (Lipinski definition) is 7. The lowest BCUT2D eigenvalue weighted by atomic mass is 9.95. The molecule has 4 amide bonds. The minimum atomic E-state index is -1.06. The summed E-state index contributed by atoms with van der Waals surface area (Å²) >= 11 is 6.14. The molecule has 0 unspecified atom stereocenters. The molecule has 0 heterocycles. The quantitative estimate of drug-likeness (QED) is 0.0475. The number of amides is 4. The zero-order valence-electron chi connectivity index (χ0n) is 31.3. The van der Waals surface area contributed by atoms with Crippen LogP contribution in [0.1, 0.15) is 48.1 Å². The number of guanidine groups is 1. The highest BCUT2D eigenvalue weighted by Crippen LogP contribution is 2.30. The van der Waals surface area contributed by atoms with Gasteiger partial charge in [-0.25, -0.2) is 9.59 Å². The second-order valence-electron chi connectivity index (χ2n) is 13.1. The number of phenolic OH excluding ortho intramolecular Hbond substituents is 1. The van der Waals surface area contributed by atoms with E-state index in [9.17, 15) is 24.3 Å². The topological polar surface area (TPSA) is 173 Å². The number of carbonyl (C=O) groups is 4. The number of rotatable bonds is 15. The maximum Gasteiger partial charge on any atom is 0.437 e. The molecule has 0 spiro atoms. The fraction of sp³-hybridized carbons (Fsp3) is 0.205. The highest BCUT2D eigenvalue weighted by molar-refractivity contribution is 6.30. The molecule has 0 fully saturated rings. The number of nitrogens with one attached hydrogen (secondary N) is 2. The summed E-state index contributed by atoms with van der Waals surface area (Å²) in [7, 11) is 0. The Hall–Kier alpha value is -6.66. The first-order valence-electron chi connectivity index (χ1n) is 18.3. The zero-order valence-corrected chi connectivity index (χ0v) is 32.1. The van der Waals surface area contributed by atoms with Crippen LogP contribution in [0.3, 0.4) is 0 Å². The molecule has 0 saturated carbocycles. The SMILES string of the molecule is C[C@H](c1ccc(O)cc1)N(C(=O)Cc1ccccc1-c1ccc(Cl)cc1)[C@H](CCCNC(=NC(=O)OCc1ccccc1)NC(=O)OCc1ccccc1)C(N)=O. The van der Waals surface area contributed by atoms with Crippen molar-refractivity contribution >= 4 is 41.6 Å². The van der Waals surface area contributed by atoms with E-state index in [0.717, 1.165) is 27.8 Å². The van der Waals surface area contributed by atoms with Gasteiger partial charge in [-0.1, -0.05) is 121 Å². The summed E-state index contributed by atoms with van der Waals surface area (Å²) in [4.78, 5) is 58.5. The van der Waals surface area contributed by atoms with Gasteiger partial charge in [-0.05, 0) is 77.4 Å². The lowest BCUT2D eigenvalue weighted by molar-refractivity contribution is -0.141. The summed E-state index contributed by atoms with van der Waals surface area (Å²) in [6, 6.07) is 37.6. The molecule has 5 N–H and O–H groups in total. The third kappa shape index (κ3) is 12.7. The number of halogens is 1. The average molecular weight is 790 g/mol. The van der Waals surface area contributed by atoms with Gasteiger partial charge in [0.15, 0.2) is 0 Å². The Labute approximate surface area is 336 Å². The lowest BCUT2D eigenvalue weighted by Crippen LogP contribution is -2.50. The van der Waals surface area contributed by atoms with E-state index < -0.39 is 30.2 Å². The van der Waals surface area contributed by atoms with Crippen molar-refractivity contribution in [1.29, 1.82) is 0 Å². The van der Waals surface area contributed by atoms with E-state index in [1.165, 1.54) is 17.0 Å². The van der Waals surface area contributed by atoms with Gasteiger partial charge in [0.2, 0.25) is 17.8 Å². The van der Waals surface area contributed by atoms with E-state index in [2.05, 4.69) is 15.6 Å². The van der Waals surface area contributed by atoms with Crippen LogP contribution in [0.5, 0.6) is 5.75 Å². The van der Waals surface area contributed by atoms with Crippen LogP contribution < -0.4 is 16.4 Å². The van der Waals surface area contributed by atoms with Crippen molar-refractivity contribution in [2.24, 2.45) is 10.7 Å². The Balaban J connectivity index is 1.32. The molecule has 2 atom stereocenters. The van der Waals surface area contributed by atoms with E-state index in [1.807, 2.05) is 72.8 Å². The summed E-state index contributed by atoms with van der Waals surface area (Å²) in [6.07, 6.45) is -1.51. The molecule has 13 heteroatoms. The van der Waals surface area contributed by atoms with Gasteiger partial charge < -0.3 is 30.5 Å². The Bertz CT molecular complexity index is 2130. The molecular weight excluding hydrogens is 746 g/mol. The van der Waals surface area contributed by atoms with Gasteiger partial charge in [-0.3, -0.25) is 14.9 Å². The normalized spacial score (nSPS) is 12.1. The number of alkyl carbamates (subject to hydrolysis) is 1. The molecule has 5 rings (SSSR count). The number of nitrogens with two attached hydrogens (primary N) is 1. The maximum atomic E-state index is 14.4. The molecule has 0 aliphatic rings. The molecule has 0 bridgehead atoms. The molecule has 0 radical (unpaired) electrons. The predicted molar refractivity (Wildman–Crippen MR) is 218 cm³/mol. The van der Waals surface area contributed by atoms with Crippen molar-refractivity contribution < 1.29 is 33.8 Å². The number of aliphatic imine (C=N–C) groups is 1. The molecule has 0 saturated heterocycles. The minimum absolute atomic E-state index is 0.0219. The number of phenols is 1. The maximum absolute atomic E-state index is 14.4. The second-order valence-corrected chi connectivity index (χ2v) is 13.5. The fourth-order valence-electron chi connectivity index (χ4n) is 6.14. The molecule has 57 heavy (non-hydrogen) atoms. The Morgan fingerprint density at radius 2 is 1.39 bits per heavy atom. The van der Waals surface area contributed by atoms with E-state index in [-0.39, 0.29) is 56.6 Å². The molecule has 0 aromatic heterocycles. The molecule has 294 valence electrons. The second kappa shape index (κ2) is 20.9. The molecule has 5 aromatic carbocycles. The van der Waals surface area contributed by atoms with E-state index in [1.54, 1.807) is 55.5 Å². The number of primary amides is 1. The first kappa shape index (κ1) is 41.5. The van der Waals surface area contributed by atoms with Crippen LogP contribution in [0.25, 0.3) is 11.1 Å².